The second kappa shape index (κ2) is 6.05. The van der Waals surface area contributed by atoms with Crippen molar-refractivity contribution in [2.75, 3.05) is 13.7 Å². The Bertz CT molecular complexity index is 423. The summed E-state index contributed by atoms with van der Waals surface area (Å²) in [7, 11) is 1.67. The molecule has 1 aromatic heterocycles. The molecule has 6 heteroatoms. The fourth-order valence-electron chi connectivity index (χ4n) is 1.65. The fourth-order valence-corrected chi connectivity index (χ4v) is 1.65. The fraction of sp³-hybridized carbons (Fsp3) is 0.455. The van der Waals surface area contributed by atoms with E-state index in [-0.39, 0.29) is 0 Å². The minimum absolute atomic E-state index is 0.659. The highest BCUT2D eigenvalue weighted by molar-refractivity contribution is 5.83. The number of hydrogen-bond donors (Lipinski definition) is 2. The number of primary amides is 1. The zero-order valence-electron chi connectivity index (χ0n) is 10.4. The molecule has 6 nitrogen and oxygen atoms in total. The normalized spacial score (nSPS) is 11.0. The molecule has 0 aromatic carbocycles. The largest absolute Gasteiger partial charge is 0.383 e. The molecular formula is C11H18N4O2. The van der Waals surface area contributed by atoms with Crippen LogP contribution in [-0.4, -0.2) is 30.5 Å². The number of amides is 2. The van der Waals surface area contributed by atoms with Gasteiger partial charge >= 0.3 is 6.03 Å². The number of nitrogens with two attached hydrogens (primary N) is 1. The second-order valence-electron chi connectivity index (χ2n) is 3.71. The summed E-state index contributed by atoms with van der Waals surface area (Å²) in [5.74, 6) is 0. The molecule has 3 N–H and O–H groups in total. The Hall–Kier alpha value is -1.82. The van der Waals surface area contributed by atoms with Gasteiger partial charge in [-0.15, -0.1) is 0 Å². The van der Waals surface area contributed by atoms with Crippen molar-refractivity contribution >= 4 is 12.2 Å². The summed E-state index contributed by atoms with van der Waals surface area (Å²) in [4.78, 5) is 10.5. The molecule has 0 aliphatic heterocycles. The Balaban J connectivity index is 2.80. The number of carbonyl (C=O) groups is 1. The molecule has 0 saturated heterocycles. The van der Waals surface area contributed by atoms with Gasteiger partial charge < -0.3 is 15.0 Å². The molecule has 0 atom stereocenters. The van der Waals surface area contributed by atoms with Gasteiger partial charge in [-0.2, -0.15) is 5.10 Å². The van der Waals surface area contributed by atoms with Gasteiger partial charge in [0.15, 0.2) is 0 Å². The predicted molar refractivity (Wildman–Crippen MR) is 66.1 cm³/mol. The molecule has 0 fully saturated rings. The van der Waals surface area contributed by atoms with Crippen molar-refractivity contribution in [2.24, 2.45) is 10.8 Å². The number of nitrogens with one attached hydrogen (secondary N) is 1. The van der Waals surface area contributed by atoms with Crippen LogP contribution in [0.15, 0.2) is 11.2 Å². The Kier molecular flexibility index (Phi) is 4.71. The molecule has 0 saturated carbocycles. The van der Waals surface area contributed by atoms with Crippen LogP contribution >= 0.6 is 0 Å². The van der Waals surface area contributed by atoms with Crippen LogP contribution in [0.1, 0.15) is 17.0 Å². The lowest BCUT2D eigenvalue weighted by Gasteiger charge is -2.08. The van der Waals surface area contributed by atoms with E-state index in [1.165, 1.54) is 0 Å². The maximum Gasteiger partial charge on any atom is 0.332 e. The number of methoxy groups -OCH3 is 1. The Labute approximate surface area is 100 Å². The van der Waals surface area contributed by atoms with Crippen molar-refractivity contribution in [1.82, 2.24) is 9.99 Å². The first-order valence-corrected chi connectivity index (χ1v) is 5.30. The first-order chi connectivity index (χ1) is 8.06. The number of rotatable bonds is 5. The first-order valence-electron chi connectivity index (χ1n) is 5.30. The SMILES string of the molecule is COCCn1c(C)cc(C=NNC(N)=O)c1C. The third kappa shape index (κ3) is 3.60. The maximum absolute atomic E-state index is 10.5. The molecule has 94 valence electrons. The number of aromatic nitrogens is 1. The van der Waals surface area contributed by atoms with Crippen LogP contribution in [0, 0.1) is 13.8 Å². The lowest BCUT2D eigenvalue weighted by atomic mass is 10.3. The Morgan fingerprint density at radius 1 is 1.65 bits per heavy atom. The van der Waals surface area contributed by atoms with Crippen molar-refractivity contribution < 1.29 is 9.53 Å². The van der Waals surface area contributed by atoms with Crippen LogP contribution in [0.2, 0.25) is 0 Å². The lowest BCUT2D eigenvalue weighted by molar-refractivity contribution is 0.186. The molecule has 1 aromatic rings. The van der Waals surface area contributed by atoms with Crippen LogP contribution in [-0.2, 0) is 11.3 Å². The summed E-state index contributed by atoms with van der Waals surface area (Å²) in [6.45, 7) is 5.47. The van der Waals surface area contributed by atoms with E-state index in [4.69, 9.17) is 10.5 Å². The summed E-state index contributed by atoms with van der Waals surface area (Å²) in [6.07, 6.45) is 1.58. The Morgan fingerprint density at radius 3 is 2.94 bits per heavy atom. The van der Waals surface area contributed by atoms with Gasteiger partial charge in [-0.3, -0.25) is 0 Å². The topological polar surface area (TPSA) is 81.6 Å². The van der Waals surface area contributed by atoms with Gasteiger partial charge in [0.25, 0.3) is 0 Å². The molecule has 0 radical (unpaired) electrons. The van der Waals surface area contributed by atoms with Crippen LogP contribution in [0.4, 0.5) is 4.79 Å². The van der Waals surface area contributed by atoms with Gasteiger partial charge in [0.1, 0.15) is 0 Å². The maximum atomic E-state index is 10.5. The van der Waals surface area contributed by atoms with Crippen molar-refractivity contribution in [3.63, 3.8) is 0 Å². The minimum atomic E-state index is -0.672. The summed E-state index contributed by atoms with van der Waals surface area (Å²) < 4.78 is 7.18. The summed E-state index contributed by atoms with van der Waals surface area (Å²) >= 11 is 0. The second-order valence-corrected chi connectivity index (χ2v) is 3.71. The van der Waals surface area contributed by atoms with E-state index in [2.05, 4.69) is 15.1 Å². The highest BCUT2D eigenvalue weighted by atomic mass is 16.5. The number of urea groups is 1. The van der Waals surface area contributed by atoms with Crippen molar-refractivity contribution in [2.45, 2.75) is 20.4 Å². The molecule has 0 bridgehead atoms. The molecular weight excluding hydrogens is 220 g/mol. The molecule has 0 spiro atoms. The highest BCUT2D eigenvalue weighted by Gasteiger charge is 2.06. The van der Waals surface area contributed by atoms with Crippen molar-refractivity contribution in [3.8, 4) is 0 Å². The first kappa shape index (κ1) is 13.2. The van der Waals surface area contributed by atoms with E-state index in [1.807, 2.05) is 19.9 Å². The monoisotopic (exact) mass is 238 g/mol. The average Bonchev–Trinajstić information content (AvgIpc) is 2.52. The Morgan fingerprint density at radius 2 is 2.35 bits per heavy atom. The number of carbonyl (C=O) groups excluding carboxylic acids is 1. The molecule has 2 amide bonds. The quantitative estimate of drug-likeness (QED) is 0.586. The number of ether oxygens (including phenoxy) is 1. The number of hydrazone groups is 1. The van der Waals surface area contributed by atoms with Gasteiger partial charge in [-0.05, 0) is 19.9 Å². The van der Waals surface area contributed by atoms with Crippen LogP contribution < -0.4 is 11.2 Å². The van der Waals surface area contributed by atoms with Gasteiger partial charge in [-0.25, -0.2) is 10.2 Å². The minimum Gasteiger partial charge on any atom is -0.383 e. The molecule has 0 aliphatic rings. The highest BCUT2D eigenvalue weighted by Crippen LogP contribution is 2.12. The number of hydrogen-bond acceptors (Lipinski definition) is 3. The van der Waals surface area contributed by atoms with Gasteiger partial charge in [-0.1, -0.05) is 0 Å². The zero-order chi connectivity index (χ0) is 12.8. The van der Waals surface area contributed by atoms with Crippen molar-refractivity contribution in [3.05, 3.63) is 23.0 Å². The summed E-state index contributed by atoms with van der Waals surface area (Å²) in [5, 5.41) is 3.74. The molecule has 1 rings (SSSR count). The third-order valence-electron chi connectivity index (χ3n) is 2.51. The molecule has 17 heavy (non-hydrogen) atoms. The standard InChI is InChI=1S/C11H18N4O2/c1-8-6-10(7-13-14-11(12)16)9(2)15(8)4-5-17-3/h6-7H,4-5H2,1-3H3,(H3,12,14,16). The predicted octanol–water partition coefficient (Wildman–Crippen LogP) is 0.754. The molecule has 0 unspecified atom stereocenters. The molecule has 0 aliphatic carbocycles. The van der Waals surface area contributed by atoms with Crippen molar-refractivity contribution in [1.29, 1.82) is 0 Å². The van der Waals surface area contributed by atoms with E-state index >= 15 is 0 Å². The van der Waals surface area contributed by atoms with Gasteiger partial charge in [0.05, 0.1) is 12.8 Å². The molecule has 1 heterocycles. The van der Waals surface area contributed by atoms with Gasteiger partial charge in [0, 0.05) is 30.6 Å². The van der Waals surface area contributed by atoms with E-state index in [1.54, 1.807) is 13.3 Å². The van der Waals surface area contributed by atoms with E-state index < -0.39 is 6.03 Å². The van der Waals surface area contributed by atoms with E-state index in [0.29, 0.717) is 6.61 Å². The lowest BCUT2D eigenvalue weighted by Crippen LogP contribution is -2.24. The van der Waals surface area contributed by atoms with Gasteiger partial charge in [0.2, 0.25) is 0 Å². The summed E-state index contributed by atoms with van der Waals surface area (Å²) in [5.41, 5.74) is 10.2. The van der Waals surface area contributed by atoms with Crippen LogP contribution in [0.3, 0.4) is 0 Å². The number of aryl methyl sites for hydroxylation is 1. The number of nitrogens with zero attached hydrogens (tertiary/aromatic N) is 2. The zero-order valence-corrected chi connectivity index (χ0v) is 10.4. The van der Waals surface area contributed by atoms with E-state index in [0.717, 1.165) is 23.5 Å². The smallest absolute Gasteiger partial charge is 0.332 e. The van der Waals surface area contributed by atoms with E-state index in [9.17, 15) is 4.79 Å². The van der Waals surface area contributed by atoms with Crippen LogP contribution in [0.25, 0.3) is 0 Å². The van der Waals surface area contributed by atoms with Crippen LogP contribution in [0.5, 0.6) is 0 Å². The average molecular weight is 238 g/mol. The summed E-state index contributed by atoms with van der Waals surface area (Å²) in [6, 6.07) is 1.33. The third-order valence-corrected chi connectivity index (χ3v) is 2.51.